The number of anilines is 1. The first kappa shape index (κ1) is 14.5. The molecule has 3 rings (SSSR count). The lowest BCUT2D eigenvalue weighted by Crippen LogP contribution is -2.34. The lowest BCUT2D eigenvalue weighted by atomic mass is 9.95. The Morgan fingerprint density at radius 3 is 2.86 bits per heavy atom. The van der Waals surface area contributed by atoms with E-state index in [0.717, 1.165) is 18.6 Å². The molecule has 1 aliphatic heterocycles. The Morgan fingerprint density at radius 1 is 1.23 bits per heavy atom. The van der Waals surface area contributed by atoms with Crippen LogP contribution in [0.1, 0.15) is 18.1 Å². The molecular weight excluding hydrogens is 280 g/mol. The van der Waals surface area contributed by atoms with Gasteiger partial charge in [0.25, 0.3) is 0 Å². The Bertz CT molecular complexity index is 606. The minimum absolute atomic E-state index is 0.0398. The minimum atomic E-state index is -0.279. The van der Waals surface area contributed by atoms with Gasteiger partial charge in [0.05, 0.1) is 6.10 Å². The van der Waals surface area contributed by atoms with Crippen molar-refractivity contribution in [1.29, 1.82) is 0 Å². The third-order valence-corrected chi connectivity index (χ3v) is 3.68. The normalized spacial score (nSPS) is 20.5. The summed E-state index contributed by atoms with van der Waals surface area (Å²) < 4.78 is 5.81. The molecule has 2 amide bonds. The number of carbonyl (C=O) groups is 1. The molecule has 114 valence electrons. The molecule has 1 saturated heterocycles. The number of ether oxygens (including phenoxy) is 1. The maximum Gasteiger partial charge on any atom is 0.320 e. The summed E-state index contributed by atoms with van der Waals surface area (Å²) in [5, 5.41) is 13.1. The monoisotopic (exact) mass is 298 g/mol. The molecular formula is C16H18N4O2. The molecule has 0 saturated carbocycles. The van der Waals surface area contributed by atoms with Crippen LogP contribution in [0.5, 0.6) is 0 Å². The molecule has 1 aliphatic rings. The van der Waals surface area contributed by atoms with Crippen molar-refractivity contribution in [1.82, 2.24) is 15.5 Å². The quantitative estimate of drug-likeness (QED) is 0.908. The van der Waals surface area contributed by atoms with Crippen LogP contribution in [0, 0.1) is 5.92 Å². The summed E-state index contributed by atoms with van der Waals surface area (Å²) in [7, 11) is 0. The van der Waals surface area contributed by atoms with Gasteiger partial charge in [-0.05, 0) is 24.1 Å². The topological polar surface area (TPSA) is 76.1 Å². The van der Waals surface area contributed by atoms with Crippen molar-refractivity contribution in [2.24, 2.45) is 5.92 Å². The summed E-state index contributed by atoms with van der Waals surface area (Å²) in [4.78, 5) is 11.9. The van der Waals surface area contributed by atoms with Crippen LogP contribution in [0.25, 0.3) is 0 Å². The fraction of sp³-hybridized carbons (Fsp3) is 0.312. The van der Waals surface area contributed by atoms with Crippen LogP contribution >= 0.6 is 0 Å². The van der Waals surface area contributed by atoms with Crippen LogP contribution in [0.2, 0.25) is 0 Å². The molecule has 0 spiro atoms. The third kappa shape index (κ3) is 3.59. The van der Waals surface area contributed by atoms with Gasteiger partial charge in [0.15, 0.2) is 5.82 Å². The van der Waals surface area contributed by atoms with Gasteiger partial charge in [0.2, 0.25) is 0 Å². The molecule has 6 nitrogen and oxygen atoms in total. The number of hydrogen-bond donors (Lipinski definition) is 2. The van der Waals surface area contributed by atoms with Gasteiger partial charge >= 0.3 is 6.03 Å². The van der Waals surface area contributed by atoms with Crippen LogP contribution in [-0.2, 0) is 4.74 Å². The molecule has 22 heavy (non-hydrogen) atoms. The van der Waals surface area contributed by atoms with Crippen LogP contribution in [-0.4, -0.2) is 29.4 Å². The Balaban J connectivity index is 1.53. The Labute approximate surface area is 128 Å². The van der Waals surface area contributed by atoms with E-state index in [0.29, 0.717) is 12.4 Å². The summed E-state index contributed by atoms with van der Waals surface area (Å²) in [5.74, 6) is 0.706. The van der Waals surface area contributed by atoms with E-state index in [-0.39, 0.29) is 18.1 Å². The lowest BCUT2D eigenvalue weighted by molar-refractivity contribution is 0.0911. The summed E-state index contributed by atoms with van der Waals surface area (Å²) in [6.07, 6.45) is 2.53. The number of nitrogens with one attached hydrogen (secondary N) is 2. The van der Waals surface area contributed by atoms with E-state index in [1.807, 2.05) is 18.2 Å². The number of amides is 2. The summed E-state index contributed by atoms with van der Waals surface area (Å²) in [5.41, 5.74) is 1.15. The van der Waals surface area contributed by atoms with E-state index in [2.05, 4.69) is 33.0 Å². The first-order chi connectivity index (χ1) is 10.8. The summed E-state index contributed by atoms with van der Waals surface area (Å²) >= 11 is 0. The number of nitrogens with zero attached hydrogens (tertiary/aromatic N) is 2. The Hall–Kier alpha value is -2.47. The van der Waals surface area contributed by atoms with Gasteiger partial charge in [0.1, 0.15) is 0 Å². The zero-order valence-electron chi connectivity index (χ0n) is 12.1. The minimum Gasteiger partial charge on any atom is -0.373 e. The van der Waals surface area contributed by atoms with E-state index in [9.17, 15) is 4.79 Å². The molecule has 0 radical (unpaired) electrons. The molecule has 0 bridgehead atoms. The van der Waals surface area contributed by atoms with Crippen molar-refractivity contribution in [3.63, 3.8) is 0 Å². The van der Waals surface area contributed by atoms with Crippen molar-refractivity contribution in [3.8, 4) is 0 Å². The predicted octanol–water partition coefficient (Wildman–Crippen LogP) is 2.38. The highest BCUT2D eigenvalue weighted by Gasteiger charge is 2.29. The zero-order valence-corrected chi connectivity index (χ0v) is 12.1. The Morgan fingerprint density at radius 2 is 2.09 bits per heavy atom. The number of rotatable bonds is 4. The van der Waals surface area contributed by atoms with Gasteiger partial charge in [-0.25, -0.2) is 4.79 Å². The first-order valence-corrected chi connectivity index (χ1v) is 7.32. The SMILES string of the molecule is O=C(NC[C@H]1CCO[C@@H]1c1ccccc1)Nc1cccnn1. The average Bonchev–Trinajstić information content (AvgIpc) is 3.03. The van der Waals surface area contributed by atoms with Gasteiger partial charge in [-0.3, -0.25) is 5.32 Å². The molecule has 1 aromatic carbocycles. The van der Waals surface area contributed by atoms with Crippen LogP contribution < -0.4 is 10.6 Å². The number of benzene rings is 1. The van der Waals surface area contributed by atoms with Gasteiger partial charge in [0, 0.05) is 25.3 Å². The van der Waals surface area contributed by atoms with Gasteiger partial charge in [-0.2, -0.15) is 5.10 Å². The molecule has 2 aromatic rings. The van der Waals surface area contributed by atoms with Crippen LogP contribution in [0.15, 0.2) is 48.7 Å². The number of aromatic nitrogens is 2. The smallest absolute Gasteiger partial charge is 0.320 e. The molecule has 2 atom stereocenters. The molecule has 6 heteroatoms. The maximum atomic E-state index is 11.9. The van der Waals surface area contributed by atoms with Gasteiger partial charge < -0.3 is 10.1 Å². The molecule has 1 aromatic heterocycles. The second kappa shape index (κ2) is 7.00. The van der Waals surface area contributed by atoms with E-state index in [1.54, 1.807) is 18.3 Å². The molecule has 0 unspecified atom stereocenters. The largest absolute Gasteiger partial charge is 0.373 e. The number of carbonyl (C=O) groups excluding carboxylic acids is 1. The van der Waals surface area contributed by atoms with Crippen molar-refractivity contribution < 1.29 is 9.53 Å². The van der Waals surface area contributed by atoms with Crippen LogP contribution in [0.3, 0.4) is 0 Å². The maximum absolute atomic E-state index is 11.9. The van der Waals surface area contributed by atoms with E-state index in [1.165, 1.54) is 0 Å². The predicted molar refractivity (Wildman–Crippen MR) is 82.3 cm³/mol. The highest BCUT2D eigenvalue weighted by atomic mass is 16.5. The highest BCUT2D eigenvalue weighted by molar-refractivity contribution is 5.87. The Kier molecular flexibility index (Phi) is 4.60. The number of urea groups is 1. The summed E-state index contributed by atoms with van der Waals surface area (Å²) in [6, 6.07) is 13.2. The third-order valence-electron chi connectivity index (χ3n) is 3.68. The second-order valence-electron chi connectivity index (χ2n) is 5.19. The van der Waals surface area contributed by atoms with Crippen LogP contribution in [0.4, 0.5) is 10.6 Å². The van der Waals surface area contributed by atoms with E-state index < -0.39 is 0 Å². The molecule has 1 fully saturated rings. The van der Waals surface area contributed by atoms with Crippen molar-refractivity contribution in [2.45, 2.75) is 12.5 Å². The summed E-state index contributed by atoms with van der Waals surface area (Å²) in [6.45, 7) is 1.28. The van der Waals surface area contributed by atoms with E-state index >= 15 is 0 Å². The number of hydrogen-bond acceptors (Lipinski definition) is 4. The zero-order chi connectivity index (χ0) is 15.2. The van der Waals surface area contributed by atoms with E-state index in [4.69, 9.17) is 4.74 Å². The lowest BCUT2D eigenvalue weighted by Gasteiger charge is -2.19. The fourth-order valence-electron chi connectivity index (χ4n) is 2.61. The first-order valence-electron chi connectivity index (χ1n) is 7.32. The standard InChI is InChI=1S/C16H18N4O2/c21-16(19-14-7-4-9-18-20-14)17-11-13-8-10-22-15(13)12-5-2-1-3-6-12/h1-7,9,13,15H,8,10-11H2,(H2,17,19,20,21)/t13-,15-/m1/s1. The van der Waals surface area contributed by atoms with Crippen molar-refractivity contribution in [2.75, 3.05) is 18.5 Å². The van der Waals surface area contributed by atoms with Gasteiger partial charge in [-0.15, -0.1) is 5.10 Å². The molecule has 0 aliphatic carbocycles. The van der Waals surface area contributed by atoms with Gasteiger partial charge in [-0.1, -0.05) is 30.3 Å². The van der Waals surface area contributed by atoms with Crippen molar-refractivity contribution >= 4 is 11.8 Å². The highest BCUT2D eigenvalue weighted by Crippen LogP contribution is 2.33. The molecule has 2 heterocycles. The fourth-order valence-corrected chi connectivity index (χ4v) is 2.61. The average molecular weight is 298 g/mol. The van der Waals surface area contributed by atoms with Crippen molar-refractivity contribution in [3.05, 3.63) is 54.2 Å². The second-order valence-corrected chi connectivity index (χ2v) is 5.19. The molecule has 2 N–H and O–H groups in total.